The smallest absolute Gasteiger partial charge is 0.203 e. The summed E-state index contributed by atoms with van der Waals surface area (Å²) in [6.45, 7) is 0.803. The van der Waals surface area contributed by atoms with Gasteiger partial charge in [-0.2, -0.15) is 0 Å². The van der Waals surface area contributed by atoms with Crippen LogP contribution in [-0.2, 0) is 6.42 Å². The van der Waals surface area contributed by atoms with Gasteiger partial charge >= 0.3 is 0 Å². The van der Waals surface area contributed by atoms with Crippen LogP contribution in [0, 0.1) is 0 Å². The third kappa shape index (κ3) is 5.48. The summed E-state index contributed by atoms with van der Waals surface area (Å²) in [5, 5.41) is 3.34. The van der Waals surface area contributed by atoms with Gasteiger partial charge in [-0.1, -0.05) is 36.4 Å². The summed E-state index contributed by atoms with van der Waals surface area (Å²) in [6, 6.07) is 16.0. The van der Waals surface area contributed by atoms with Gasteiger partial charge in [0.05, 0.1) is 21.3 Å². The molecule has 3 aromatic rings. The number of ether oxygens (including phenoxy) is 3. The number of anilines is 1. The van der Waals surface area contributed by atoms with Crippen LogP contribution in [0.5, 0.6) is 17.2 Å². The lowest BCUT2D eigenvalue weighted by molar-refractivity contribution is 0.324. The lowest BCUT2D eigenvalue weighted by Crippen LogP contribution is -2.07. The lowest BCUT2D eigenvalue weighted by Gasteiger charge is -2.12. The summed E-state index contributed by atoms with van der Waals surface area (Å²) < 4.78 is 16.1. The van der Waals surface area contributed by atoms with E-state index in [0.717, 1.165) is 24.3 Å². The zero-order valence-corrected chi connectivity index (χ0v) is 16.9. The van der Waals surface area contributed by atoms with Gasteiger partial charge in [-0.05, 0) is 41.8 Å². The number of aromatic nitrogens is 2. The van der Waals surface area contributed by atoms with Crippen molar-refractivity contribution in [2.45, 2.75) is 6.42 Å². The fraction of sp³-hybridized carbons (Fsp3) is 0.217. The number of benzene rings is 2. The normalized spacial score (nSPS) is 10.7. The van der Waals surface area contributed by atoms with Crippen LogP contribution in [0.4, 0.5) is 5.82 Å². The highest BCUT2D eigenvalue weighted by atomic mass is 16.5. The van der Waals surface area contributed by atoms with Crippen LogP contribution < -0.4 is 19.5 Å². The van der Waals surface area contributed by atoms with Crippen molar-refractivity contribution in [1.82, 2.24) is 9.97 Å². The van der Waals surface area contributed by atoms with E-state index >= 15 is 0 Å². The highest BCUT2D eigenvalue weighted by Gasteiger charge is 2.12. The van der Waals surface area contributed by atoms with E-state index in [-0.39, 0.29) is 0 Å². The van der Waals surface area contributed by atoms with Crippen molar-refractivity contribution in [3.05, 3.63) is 71.7 Å². The maximum absolute atomic E-state index is 5.39. The molecule has 0 fully saturated rings. The number of rotatable bonds is 9. The third-order valence-electron chi connectivity index (χ3n) is 4.35. The fourth-order valence-corrected chi connectivity index (χ4v) is 2.90. The Balaban J connectivity index is 1.69. The second-order valence-electron chi connectivity index (χ2n) is 6.25. The molecule has 0 atom stereocenters. The van der Waals surface area contributed by atoms with Crippen molar-refractivity contribution in [3.63, 3.8) is 0 Å². The van der Waals surface area contributed by atoms with Crippen LogP contribution in [-0.4, -0.2) is 37.8 Å². The van der Waals surface area contributed by atoms with E-state index in [2.05, 4.69) is 27.4 Å². The molecule has 0 saturated carbocycles. The average Bonchev–Trinajstić information content (AvgIpc) is 2.78. The van der Waals surface area contributed by atoms with Crippen LogP contribution in [0.25, 0.3) is 12.2 Å². The minimum absolute atomic E-state index is 0.563. The molecule has 1 heterocycles. The Morgan fingerprint density at radius 3 is 2.28 bits per heavy atom. The van der Waals surface area contributed by atoms with Crippen LogP contribution in [0.1, 0.15) is 17.0 Å². The van der Waals surface area contributed by atoms with E-state index in [9.17, 15) is 0 Å². The molecule has 150 valence electrons. The van der Waals surface area contributed by atoms with Gasteiger partial charge < -0.3 is 19.5 Å². The SMILES string of the molecule is COc1cc(/C=C/c2nccc(NCCc3ccccc3)n2)cc(OC)c1OC. The minimum Gasteiger partial charge on any atom is -0.493 e. The summed E-state index contributed by atoms with van der Waals surface area (Å²) in [7, 11) is 4.77. The lowest BCUT2D eigenvalue weighted by atomic mass is 10.1. The van der Waals surface area contributed by atoms with Gasteiger partial charge in [-0.15, -0.1) is 0 Å². The predicted molar refractivity (Wildman–Crippen MR) is 116 cm³/mol. The molecule has 6 heteroatoms. The molecule has 0 unspecified atom stereocenters. The van der Waals surface area contributed by atoms with Gasteiger partial charge in [0.2, 0.25) is 5.75 Å². The number of hydrogen-bond acceptors (Lipinski definition) is 6. The molecule has 0 saturated heterocycles. The molecule has 1 aromatic heterocycles. The summed E-state index contributed by atoms with van der Waals surface area (Å²) >= 11 is 0. The Labute approximate surface area is 171 Å². The number of nitrogens with zero attached hydrogens (tertiary/aromatic N) is 2. The van der Waals surface area contributed by atoms with Gasteiger partial charge in [0, 0.05) is 12.7 Å². The molecule has 0 aliphatic heterocycles. The summed E-state index contributed by atoms with van der Waals surface area (Å²) in [5.74, 6) is 3.17. The first-order valence-electron chi connectivity index (χ1n) is 9.32. The van der Waals surface area contributed by atoms with Crippen molar-refractivity contribution < 1.29 is 14.2 Å². The van der Waals surface area contributed by atoms with Crippen molar-refractivity contribution in [2.24, 2.45) is 0 Å². The average molecular weight is 391 g/mol. The fourth-order valence-electron chi connectivity index (χ4n) is 2.90. The highest BCUT2D eigenvalue weighted by molar-refractivity contribution is 5.71. The van der Waals surface area contributed by atoms with E-state index in [4.69, 9.17) is 14.2 Å². The minimum atomic E-state index is 0.563. The summed E-state index contributed by atoms with van der Waals surface area (Å²) in [6.07, 6.45) is 6.44. The highest BCUT2D eigenvalue weighted by Crippen LogP contribution is 2.38. The topological polar surface area (TPSA) is 65.5 Å². The largest absolute Gasteiger partial charge is 0.493 e. The second-order valence-corrected chi connectivity index (χ2v) is 6.25. The van der Waals surface area contributed by atoms with Crippen molar-refractivity contribution in [1.29, 1.82) is 0 Å². The Kier molecular flexibility index (Phi) is 7.05. The molecule has 1 N–H and O–H groups in total. The number of hydrogen-bond donors (Lipinski definition) is 1. The molecule has 0 radical (unpaired) electrons. The Hall–Kier alpha value is -3.54. The standard InChI is InChI=1S/C23H25N3O3/c1-27-19-15-18(16-20(28-2)23(19)29-3)9-10-21-25-14-12-22(26-21)24-13-11-17-7-5-4-6-8-17/h4-10,12,14-16H,11,13H2,1-3H3,(H,24,25,26)/b10-9+. The zero-order valence-electron chi connectivity index (χ0n) is 16.9. The molecule has 0 aliphatic rings. The molecule has 2 aromatic carbocycles. The molecular formula is C23H25N3O3. The van der Waals surface area contributed by atoms with E-state index < -0.39 is 0 Å². The first-order valence-corrected chi connectivity index (χ1v) is 9.32. The summed E-state index contributed by atoms with van der Waals surface area (Å²) in [4.78, 5) is 8.86. The molecule has 0 bridgehead atoms. The third-order valence-corrected chi connectivity index (χ3v) is 4.35. The Bertz CT molecular complexity index is 934. The van der Waals surface area contributed by atoms with Crippen LogP contribution in [0.2, 0.25) is 0 Å². The van der Waals surface area contributed by atoms with Crippen molar-refractivity contribution >= 4 is 18.0 Å². The van der Waals surface area contributed by atoms with Gasteiger partial charge in [0.1, 0.15) is 5.82 Å². The molecule has 29 heavy (non-hydrogen) atoms. The number of nitrogens with one attached hydrogen (secondary N) is 1. The van der Waals surface area contributed by atoms with E-state index in [0.29, 0.717) is 23.1 Å². The molecule has 6 nitrogen and oxygen atoms in total. The quantitative estimate of drug-likeness (QED) is 0.586. The molecule has 0 spiro atoms. The van der Waals surface area contributed by atoms with Crippen LogP contribution in [0.3, 0.4) is 0 Å². The maximum atomic E-state index is 5.39. The first kappa shape index (κ1) is 20.2. The zero-order chi connectivity index (χ0) is 20.5. The Morgan fingerprint density at radius 1 is 0.897 bits per heavy atom. The maximum Gasteiger partial charge on any atom is 0.203 e. The van der Waals surface area contributed by atoms with Gasteiger partial charge in [0.15, 0.2) is 17.3 Å². The van der Waals surface area contributed by atoms with E-state index in [1.807, 2.05) is 48.6 Å². The molecule has 0 aliphatic carbocycles. The van der Waals surface area contributed by atoms with Crippen LogP contribution in [0.15, 0.2) is 54.7 Å². The first-order chi connectivity index (χ1) is 14.2. The van der Waals surface area contributed by atoms with Gasteiger partial charge in [0.25, 0.3) is 0 Å². The van der Waals surface area contributed by atoms with Crippen molar-refractivity contribution in [2.75, 3.05) is 33.2 Å². The predicted octanol–water partition coefficient (Wildman–Crippen LogP) is 4.33. The van der Waals surface area contributed by atoms with E-state index in [1.54, 1.807) is 27.5 Å². The molecular weight excluding hydrogens is 366 g/mol. The van der Waals surface area contributed by atoms with Gasteiger partial charge in [-0.3, -0.25) is 0 Å². The van der Waals surface area contributed by atoms with Crippen molar-refractivity contribution in [3.8, 4) is 17.2 Å². The second kappa shape index (κ2) is 10.1. The van der Waals surface area contributed by atoms with Crippen LogP contribution >= 0.6 is 0 Å². The molecule has 3 rings (SSSR count). The monoisotopic (exact) mass is 391 g/mol. The summed E-state index contributed by atoms with van der Waals surface area (Å²) in [5.41, 5.74) is 2.18. The van der Waals surface area contributed by atoms with Gasteiger partial charge in [-0.25, -0.2) is 9.97 Å². The molecule has 0 amide bonds. The number of methoxy groups -OCH3 is 3. The van der Waals surface area contributed by atoms with E-state index in [1.165, 1.54) is 5.56 Å². The Morgan fingerprint density at radius 2 is 1.62 bits per heavy atom.